The highest BCUT2D eigenvalue weighted by molar-refractivity contribution is 5.05. The minimum atomic E-state index is 0.227. The molecular weight excluding hydrogens is 246 g/mol. The van der Waals surface area contributed by atoms with Gasteiger partial charge >= 0.3 is 0 Å². The third-order valence-electron chi connectivity index (χ3n) is 5.44. The van der Waals surface area contributed by atoms with Gasteiger partial charge in [-0.3, -0.25) is 4.90 Å². The highest BCUT2D eigenvalue weighted by Gasteiger charge is 2.49. The minimum Gasteiger partial charge on any atom is -0.329 e. The largest absolute Gasteiger partial charge is 0.329 e. The average molecular weight is 281 g/mol. The quantitative estimate of drug-likeness (QED) is 0.863. The molecule has 1 heterocycles. The van der Waals surface area contributed by atoms with E-state index in [0.29, 0.717) is 10.8 Å². The van der Waals surface area contributed by atoms with Crippen LogP contribution in [0.15, 0.2) is 0 Å². The molecule has 2 rings (SSSR count). The van der Waals surface area contributed by atoms with E-state index in [4.69, 9.17) is 5.73 Å². The molecule has 1 aliphatic heterocycles. The molecule has 1 saturated carbocycles. The van der Waals surface area contributed by atoms with Gasteiger partial charge < -0.3 is 10.6 Å². The van der Waals surface area contributed by atoms with Crippen molar-refractivity contribution in [3.8, 4) is 0 Å². The number of nitrogens with two attached hydrogens (primary N) is 1. The Labute approximate surface area is 125 Å². The maximum Gasteiger partial charge on any atom is 0.0342 e. The highest BCUT2D eigenvalue weighted by atomic mass is 15.3. The number of hydrogen-bond acceptors (Lipinski definition) is 3. The SMILES string of the molecule is CCN1CCN(C2(CN)CC(C)(C)CC(C)(C)C2)CC1. The molecule has 1 saturated heterocycles. The Balaban J connectivity index is 2.16. The van der Waals surface area contributed by atoms with Gasteiger partial charge in [0.25, 0.3) is 0 Å². The van der Waals surface area contributed by atoms with Crippen LogP contribution in [0.5, 0.6) is 0 Å². The van der Waals surface area contributed by atoms with Crippen LogP contribution < -0.4 is 5.73 Å². The van der Waals surface area contributed by atoms with Crippen LogP contribution in [0.3, 0.4) is 0 Å². The normalized spacial score (nSPS) is 30.3. The molecule has 1 aliphatic carbocycles. The third kappa shape index (κ3) is 3.37. The summed E-state index contributed by atoms with van der Waals surface area (Å²) < 4.78 is 0. The zero-order valence-corrected chi connectivity index (χ0v) is 14.3. The molecule has 118 valence electrons. The summed E-state index contributed by atoms with van der Waals surface area (Å²) in [6.45, 7) is 18.8. The summed E-state index contributed by atoms with van der Waals surface area (Å²) in [5, 5.41) is 0. The Hall–Kier alpha value is -0.120. The molecule has 0 spiro atoms. The number of rotatable bonds is 3. The summed E-state index contributed by atoms with van der Waals surface area (Å²) in [7, 11) is 0. The van der Waals surface area contributed by atoms with Crippen LogP contribution in [-0.4, -0.2) is 54.6 Å². The summed E-state index contributed by atoms with van der Waals surface area (Å²) in [5.74, 6) is 0. The van der Waals surface area contributed by atoms with Crippen molar-refractivity contribution >= 4 is 0 Å². The summed E-state index contributed by atoms with van der Waals surface area (Å²) in [4.78, 5) is 5.28. The van der Waals surface area contributed by atoms with Gasteiger partial charge in [0.05, 0.1) is 0 Å². The van der Waals surface area contributed by atoms with Gasteiger partial charge in [-0.1, -0.05) is 34.6 Å². The van der Waals surface area contributed by atoms with Gasteiger partial charge in [0.2, 0.25) is 0 Å². The molecule has 0 aromatic heterocycles. The first kappa shape index (κ1) is 16.3. The van der Waals surface area contributed by atoms with E-state index in [1.807, 2.05) is 0 Å². The van der Waals surface area contributed by atoms with Gasteiger partial charge in [0.15, 0.2) is 0 Å². The van der Waals surface area contributed by atoms with E-state index in [9.17, 15) is 0 Å². The second-order valence-corrected chi connectivity index (χ2v) is 8.71. The summed E-state index contributed by atoms with van der Waals surface area (Å²) >= 11 is 0. The molecule has 0 aromatic carbocycles. The van der Waals surface area contributed by atoms with Crippen molar-refractivity contribution < 1.29 is 0 Å². The van der Waals surface area contributed by atoms with Gasteiger partial charge in [-0.2, -0.15) is 0 Å². The maximum absolute atomic E-state index is 6.32. The van der Waals surface area contributed by atoms with Crippen molar-refractivity contribution in [3.63, 3.8) is 0 Å². The van der Waals surface area contributed by atoms with Crippen LogP contribution in [0.2, 0.25) is 0 Å². The first-order valence-electron chi connectivity index (χ1n) is 8.39. The molecule has 0 aromatic rings. The first-order valence-corrected chi connectivity index (χ1v) is 8.39. The zero-order valence-electron chi connectivity index (χ0n) is 14.3. The highest BCUT2D eigenvalue weighted by Crippen LogP contribution is 2.51. The summed E-state index contributed by atoms with van der Waals surface area (Å²) in [5.41, 5.74) is 7.36. The number of nitrogens with zero attached hydrogens (tertiary/aromatic N) is 2. The molecule has 3 nitrogen and oxygen atoms in total. The predicted octanol–water partition coefficient (Wildman–Crippen LogP) is 2.56. The van der Waals surface area contributed by atoms with Gasteiger partial charge in [-0.25, -0.2) is 0 Å². The average Bonchev–Trinajstić information content (AvgIpc) is 2.35. The lowest BCUT2D eigenvalue weighted by Crippen LogP contribution is -2.64. The Morgan fingerprint density at radius 3 is 1.75 bits per heavy atom. The Kier molecular flexibility index (Phi) is 4.54. The van der Waals surface area contributed by atoms with Crippen molar-refractivity contribution in [1.29, 1.82) is 0 Å². The Bertz CT molecular complexity index is 311. The molecule has 0 bridgehead atoms. The van der Waals surface area contributed by atoms with E-state index in [1.165, 1.54) is 52.0 Å². The van der Waals surface area contributed by atoms with E-state index in [1.54, 1.807) is 0 Å². The molecule has 0 amide bonds. The van der Waals surface area contributed by atoms with Crippen molar-refractivity contribution in [2.75, 3.05) is 39.3 Å². The van der Waals surface area contributed by atoms with Crippen LogP contribution in [0.1, 0.15) is 53.9 Å². The molecular formula is C17H35N3. The van der Waals surface area contributed by atoms with Gasteiger partial charge in [-0.15, -0.1) is 0 Å². The van der Waals surface area contributed by atoms with Crippen LogP contribution in [0.4, 0.5) is 0 Å². The molecule has 20 heavy (non-hydrogen) atoms. The van der Waals surface area contributed by atoms with E-state index < -0.39 is 0 Å². The van der Waals surface area contributed by atoms with Gasteiger partial charge in [0, 0.05) is 38.3 Å². The van der Waals surface area contributed by atoms with Crippen molar-refractivity contribution in [1.82, 2.24) is 9.80 Å². The van der Waals surface area contributed by atoms with Crippen molar-refractivity contribution in [2.45, 2.75) is 59.4 Å². The number of likely N-dealkylation sites (N-methyl/N-ethyl adjacent to an activating group) is 1. The topological polar surface area (TPSA) is 32.5 Å². The van der Waals surface area contributed by atoms with Gasteiger partial charge in [0.1, 0.15) is 0 Å². The molecule has 2 N–H and O–H groups in total. The van der Waals surface area contributed by atoms with Crippen LogP contribution in [0, 0.1) is 10.8 Å². The molecule has 0 radical (unpaired) electrons. The van der Waals surface area contributed by atoms with Gasteiger partial charge in [-0.05, 0) is 36.6 Å². The number of hydrogen-bond donors (Lipinski definition) is 1. The molecule has 0 atom stereocenters. The monoisotopic (exact) mass is 281 g/mol. The second-order valence-electron chi connectivity index (χ2n) is 8.71. The fourth-order valence-electron chi connectivity index (χ4n) is 5.30. The Morgan fingerprint density at radius 1 is 0.850 bits per heavy atom. The standard InChI is InChI=1S/C17H35N3/c1-6-19-7-9-20(10-8-19)17(14-18)12-15(2,3)11-16(4,5)13-17/h6-14,18H2,1-5H3. The summed E-state index contributed by atoms with van der Waals surface area (Å²) in [6, 6.07) is 0. The number of piperazine rings is 1. The fourth-order valence-corrected chi connectivity index (χ4v) is 5.30. The smallest absolute Gasteiger partial charge is 0.0342 e. The summed E-state index contributed by atoms with van der Waals surface area (Å²) in [6.07, 6.45) is 3.83. The fraction of sp³-hybridized carbons (Fsp3) is 1.00. The van der Waals surface area contributed by atoms with Crippen LogP contribution >= 0.6 is 0 Å². The molecule has 2 aliphatic rings. The van der Waals surface area contributed by atoms with E-state index in [-0.39, 0.29) is 5.54 Å². The molecule has 0 unspecified atom stereocenters. The maximum atomic E-state index is 6.32. The third-order valence-corrected chi connectivity index (χ3v) is 5.44. The van der Waals surface area contributed by atoms with Crippen LogP contribution in [0.25, 0.3) is 0 Å². The lowest BCUT2D eigenvalue weighted by Gasteiger charge is -2.57. The predicted molar refractivity (Wildman–Crippen MR) is 86.9 cm³/mol. The zero-order chi connectivity index (χ0) is 15.0. The minimum absolute atomic E-state index is 0.227. The molecule has 2 fully saturated rings. The van der Waals surface area contributed by atoms with Crippen LogP contribution in [-0.2, 0) is 0 Å². The molecule has 3 heteroatoms. The van der Waals surface area contributed by atoms with E-state index in [0.717, 1.165) is 6.54 Å². The lowest BCUT2D eigenvalue weighted by molar-refractivity contribution is -0.0603. The van der Waals surface area contributed by atoms with E-state index in [2.05, 4.69) is 44.4 Å². The van der Waals surface area contributed by atoms with Crippen molar-refractivity contribution in [2.24, 2.45) is 16.6 Å². The first-order chi connectivity index (χ1) is 9.22. The van der Waals surface area contributed by atoms with E-state index >= 15 is 0 Å². The van der Waals surface area contributed by atoms with Crippen molar-refractivity contribution in [3.05, 3.63) is 0 Å². The lowest BCUT2D eigenvalue weighted by atomic mass is 9.58. The Morgan fingerprint density at radius 2 is 1.35 bits per heavy atom. The second kappa shape index (κ2) is 5.58.